The van der Waals surface area contributed by atoms with Crippen LogP contribution in [0.4, 0.5) is 0 Å². The van der Waals surface area contributed by atoms with Crippen LogP contribution in [-0.2, 0) is 6.42 Å². The Morgan fingerprint density at radius 1 is 1.46 bits per heavy atom. The normalized spacial score (nSPS) is 18.2. The molecule has 0 aliphatic heterocycles. The first-order valence-electron chi connectivity index (χ1n) is 5.05. The maximum Gasteiger partial charge on any atom is 0.127 e. The number of nitrogens with two attached hydrogens (primary N) is 1. The van der Waals surface area contributed by atoms with Gasteiger partial charge in [0.2, 0.25) is 0 Å². The molecule has 0 atom stereocenters. The van der Waals surface area contributed by atoms with Crippen LogP contribution < -0.4 is 5.73 Å². The highest BCUT2D eigenvalue weighted by molar-refractivity contribution is 5.21. The first-order valence-corrected chi connectivity index (χ1v) is 5.05. The summed E-state index contributed by atoms with van der Waals surface area (Å²) in [4.78, 5) is 0. The molecule has 1 aromatic heterocycles. The lowest BCUT2D eigenvalue weighted by atomic mass is 9.97. The van der Waals surface area contributed by atoms with E-state index in [1.54, 1.807) is 6.26 Å². The molecule has 0 unspecified atom stereocenters. The van der Waals surface area contributed by atoms with Crippen molar-refractivity contribution in [1.82, 2.24) is 5.16 Å². The van der Waals surface area contributed by atoms with Crippen LogP contribution in [0.15, 0.2) is 10.8 Å². The van der Waals surface area contributed by atoms with Crippen LogP contribution in [0.5, 0.6) is 0 Å². The van der Waals surface area contributed by atoms with Gasteiger partial charge in [0.25, 0.3) is 0 Å². The number of rotatable bonds is 3. The largest absolute Gasteiger partial charge is 0.364 e. The lowest BCUT2D eigenvalue weighted by Gasteiger charge is -2.06. The van der Waals surface area contributed by atoms with Crippen molar-refractivity contribution in [2.45, 2.75) is 38.0 Å². The van der Waals surface area contributed by atoms with Crippen LogP contribution >= 0.6 is 0 Å². The predicted octanol–water partition coefficient (Wildman–Crippen LogP) is 1.83. The number of aromatic nitrogens is 1. The molecule has 0 spiro atoms. The Morgan fingerprint density at radius 2 is 2.23 bits per heavy atom. The molecule has 1 saturated carbocycles. The summed E-state index contributed by atoms with van der Waals surface area (Å²) in [6, 6.07) is 0. The van der Waals surface area contributed by atoms with Crippen molar-refractivity contribution in [2.75, 3.05) is 6.54 Å². The molecular formula is C10H16N2O. The quantitative estimate of drug-likeness (QED) is 0.772. The lowest BCUT2D eigenvalue weighted by Crippen LogP contribution is -2.06. The molecule has 1 aliphatic carbocycles. The molecule has 72 valence electrons. The molecule has 3 heteroatoms. The average molecular weight is 180 g/mol. The van der Waals surface area contributed by atoms with E-state index in [4.69, 9.17) is 10.3 Å². The first-order chi connectivity index (χ1) is 6.42. The molecule has 2 N–H and O–H groups in total. The average Bonchev–Trinajstić information content (AvgIpc) is 2.71. The molecule has 13 heavy (non-hydrogen) atoms. The van der Waals surface area contributed by atoms with Gasteiger partial charge in [0, 0.05) is 12.0 Å². The van der Waals surface area contributed by atoms with E-state index >= 15 is 0 Å². The smallest absolute Gasteiger partial charge is 0.127 e. The summed E-state index contributed by atoms with van der Waals surface area (Å²) in [6.45, 7) is 0.659. The molecule has 0 radical (unpaired) electrons. The van der Waals surface area contributed by atoms with E-state index < -0.39 is 0 Å². The van der Waals surface area contributed by atoms with E-state index in [1.165, 1.54) is 31.2 Å². The highest BCUT2D eigenvalue weighted by Crippen LogP contribution is 2.35. The molecule has 1 aromatic rings. The van der Waals surface area contributed by atoms with Gasteiger partial charge in [-0.05, 0) is 25.3 Å². The Hall–Kier alpha value is -0.830. The monoisotopic (exact) mass is 180 g/mol. The minimum absolute atomic E-state index is 0.659. The topological polar surface area (TPSA) is 52.0 Å². The van der Waals surface area contributed by atoms with E-state index in [0.29, 0.717) is 12.5 Å². The Morgan fingerprint density at radius 3 is 2.92 bits per heavy atom. The van der Waals surface area contributed by atoms with Gasteiger partial charge in [-0.2, -0.15) is 0 Å². The zero-order valence-electron chi connectivity index (χ0n) is 7.83. The van der Waals surface area contributed by atoms with Gasteiger partial charge in [-0.25, -0.2) is 0 Å². The molecule has 1 fully saturated rings. The Balaban J connectivity index is 2.13. The maximum atomic E-state index is 5.51. The summed E-state index contributed by atoms with van der Waals surface area (Å²) in [5.74, 6) is 0.688. The second-order valence-electron chi connectivity index (χ2n) is 3.74. The Bertz CT molecular complexity index is 264. The van der Waals surface area contributed by atoms with Crippen molar-refractivity contribution in [3.8, 4) is 0 Å². The fourth-order valence-electron chi connectivity index (χ4n) is 2.16. The SMILES string of the molecule is NCCc1nocc1C1CCCC1. The van der Waals surface area contributed by atoms with Gasteiger partial charge in [0.15, 0.2) is 0 Å². The van der Waals surface area contributed by atoms with Gasteiger partial charge in [-0.15, -0.1) is 0 Å². The van der Waals surface area contributed by atoms with Crippen molar-refractivity contribution in [3.05, 3.63) is 17.5 Å². The van der Waals surface area contributed by atoms with E-state index in [2.05, 4.69) is 5.16 Å². The minimum atomic E-state index is 0.659. The van der Waals surface area contributed by atoms with E-state index in [0.717, 1.165) is 12.1 Å². The third-order valence-corrected chi connectivity index (χ3v) is 2.85. The molecule has 2 rings (SSSR count). The number of hydrogen-bond donors (Lipinski definition) is 1. The summed E-state index contributed by atoms with van der Waals surface area (Å²) in [7, 11) is 0. The molecule has 1 heterocycles. The van der Waals surface area contributed by atoms with Crippen LogP contribution in [0, 0.1) is 0 Å². The molecule has 0 aromatic carbocycles. The van der Waals surface area contributed by atoms with Crippen LogP contribution in [0.1, 0.15) is 42.9 Å². The van der Waals surface area contributed by atoms with Crippen LogP contribution in [-0.4, -0.2) is 11.7 Å². The van der Waals surface area contributed by atoms with Crippen molar-refractivity contribution in [1.29, 1.82) is 0 Å². The van der Waals surface area contributed by atoms with Crippen LogP contribution in [0.25, 0.3) is 0 Å². The molecule has 0 amide bonds. The first kappa shape index (κ1) is 8.75. The highest BCUT2D eigenvalue weighted by atomic mass is 16.5. The van der Waals surface area contributed by atoms with Crippen molar-refractivity contribution < 1.29 is 4.52 Å². The number of nitrogens with zero attached hydrogens (tertiary/aromatic N) is 1. The van der Waals surface area contributed by atoms with Gasteiger partial charge in [-0.1, -0.05) is 18.0 Å². The minimum Gasteiger partial charge on any atom is -0.364 e. The van der Waals surface area contributed by atoms with Gasteiger partial charge in [0.05, 0.1) is 5.69 Å². The molecule has 1 aliphatic rings. The third-order valence-electron chi connectivity index (χ3n) is 2.85. The van der Waals surface area contributed by atoms with Crippen molar-refractivity contribution in [2.24, 2.45) is 5.73 Å². The maximum absolute atomic E-state index is 5.51. The van der Waals surface area contributed by atoms with Crippen molar-refractivity contribution >= 4 is 0 Å². The second kappa shape index (κ2) is 3.92. The summed E-state index contributed by atoms with van der Waals surface area (Å²) < 4.78 is 5.01. The van der Waals surface area contributed by atoms with E-state index in [9.17, 15) is 0 Å². The predicted molar refractivity (Wildman–Crippen MR) is 50.5 cm³/mol. The summed E-state index contributed by atoms with van der Waals surface area (Å²) in [5, 5.41) is 4.00. The van der Waals surface area contributed by atoms with E-state index in [1.807, 2.05) is 0 Å². The van der Waals surface area contributed by atoms with Gasteiger partial charge >= 0.3 is 0 Å². The second-order valence-corrected chi connectivity index (χ2v) is 3.74. The Kier molecular flexibility index (Phi) is 2.64. The fourth-order valence-corrected chi connectivity index (χ4v) is 2.16. The van der Waals surface area contributed by atoms with Crippen LogP contribution in [0.3, 0.4) is 0 Å². The van der Waals surface area contributed by atoms with Crippen molar-refractivity contribution in [3.63, 3.8) is 0 Å². The zero-order valence-corrected chi connectivity index (χ0v) is 7.83. The molecule has 0 saturated heterocycles. The van der Waals surface area contributed by atoms with Gasteiger partial charge in [-0.3, -0.25) is 0 Å². The van der Waals surface area contributed by atoms with Crippen LogP contribution in [0.2, 0.25) is 0 Å². The fraction of sp³-hybridized carbons (Fsp3) is 0.700. The summed E-state index contributed by atoms with van der Waals surface area (Å²) >= 11 is 0. The van der Waals surface area contributed by atoms with E-state index in [-0.39, 0.29) is 0 Å². The highest BCUT2D eigenvalue weighted by Gasteiger charge is 2.21. The molecule has 3 nitrogen and oxygen atoms in total. The number of hydrogen-bond acceptors (Lipinski definition) is 3. The lowest BCUT2D eigenvalue weighted by molar-refractivity contribution is 0.411. The van der Waals surface area contributed by atoms with Gasteiger partial charge in [0.1, 0.15) is 6.26 Å². The summed E-state index contributed by atoms with van der Waals surface area (Å²) in [5.41, 5.74) is 7.89. The standard InChI is InChI=1S/C10H16N2O/c11-6-5-10-9(7-13-12-10)8-3-1-2-4-8/h7-8H,1-6,11H2. The zero-order chi connectivity index (χ0) is 9.10. The van der Waals surface area contributed by atoms with Gasteiger partial charge < -0.3 is 10.3 Å². The molecular weight excluding hydrogens is 164 g/mol. The third kappa shape index (κ3) is 1.75. The Labute approximate surface area is 78.3 Å². The summed E-state index contributed by atoms with van der Waals surface area (Å²) in [6.07, 6.45) is 7.93. The molecule has 0 bridgehead atoms.